The largest absolute Gasteiger partial charge is 0.489 e. The Kier molecular flexibility index (Phi) is 5.79. The zero-order valence-electron chi connectivity index (χ0n) is 21.8. The van der Waals surface area contributed by atoms with Crippen LogP contribution >= 0.6 is 11.3 Å². The lowest BCUT2D eigenvalue weighted by atomic mass is 9.77. The molecule has 15 heteroatoms. The van der Waals surface area contributed by atoms with Crippen molar-refractivity contribution < 1.29 is 41.4 Å². The lowest BCUT2D eigenvalue weighted by Gasteiger charge is -2.31. The minimum absolute atomic E-state index is 0.0350. The van der Waals surface area contributed by atoms with Crippen LogP contribution in [0.1, 0.15) is 28.0 Å². The van der Waals surface area contributed by atoms with Crippen molar-refractivity contribution in [2.45, 2.75) is 29.7 Å². The van der Waals surface area contributed by atoms with Crippen LogP contribution in [0.3, 0.4) is 0 Å². The Balaban J connectivity index is 1.32. The molecule has 1 spiro atoms. The van der Waals surface area contributed by atoms with E-state index in [1.165, 1.54) is 18.2 Å². The van der Waals surface area contributed by atoms with Crippen molar-refractivity contribution in [3.8, 4) is 17.0 Å². The van der Waals surface area contributed by atoms with E-state index in [9.17, 15) is 36.6 Å². The smallest absolute Gasteiger partial charge is 0.424 e. The highest BCUT2D eigenvalue weighted by Crippen LogP contribution is 2.59. The minimum atomic E-state index is -5.38. The Morgan fingerprint density at radius 3 is 2.60 bits per heavy atom. The van der Waals surface area contributed by atoms with Crippen LogP contribution in [-0.2, 0) is 15.8 Å². The number of carbonyl (C=O) groups excluding carboxylic acids is 2. The highest BCUT2D eigenvalue weighted by atomic mass is 32.1. The van der Waals surface area contributed by atoms with Gasteiger partial charge >= 0.3 is 6.18 Å². The Bertz CT molecular complexity index is 1850. The molecule has 222 valence electrons. The number of hydrogen-bond donors (Lipinski definition) is 4. The number of piperidine rings is 1. The quantitative estimate of drug-likeness (QED) is 0.251. The van der Waals surface area contributed by atoms with Gasteiger partial charge in [-0.05, 0) is 48.9 Å². The highest BCUT2D eigenvalue weighted by molar-refractivity contribution is 7.22. The first-order chi connectivity index (χ1) is 20.3. The number of alkyl halides is 3. The zero-order valence-corrected chi connectivity index (χ0v) is 22.6. The molecule has 1 saturated heterocycles. The molecule has 4 heterocycles. The molecule has 7 rings (SSSR count). The minimum Gasteiger partial charge on any atom is -0.489 e. The molecule has 5 N–H and O–H groups in total. The summed E-state index contributed by atoms with van der Waals surface area (Å²) in [6.07, 6.45) is -4.78. The molecule has 4 aromatic rings. The van der Waals surface area contributed by atoms with Crippen molar-refractivity contribution in [1.82, 2.24) is 20.6 Å². The van der Waals surface area contributed by atoms with Crippen molar-refractivity contribution in [2.75, 3.05) is 18.9 Å². The number of hydrogen-bond acceptors (Lipinski definition) is 8. The number of ether oxygens (including phenoxy) is 1. The molecule has 2 fully saturated rings. The van der Waals surface area contributed by atoms with Gasteiger partial charge in [0.2, 0.25) is 11.5 Å². The van der Waals surface area contributed by atoms with Crippen LogP contribution in [0.4, 0.5) is 27.1 Å². The predicted molar refractivity (Wildman–Crippen MR) is 143 cm³/mol. The number of rotatable bonds is 5. The molecule has 0 bridgehead atoms. The third kappa shape index (κ3) is 4.05. The van der Waals surface area contributed by atoms with Gasteiger partial charge in [-0.15, -0.1) is 0 Å². The molecule has 3 aliphatic rings. The van der Waals surface area contributed by atoms with Gasteiger partial charge < -0.3 is 26.2 Å². The molecule has 3 unspecified atom stereocenters. The number of aliphatic hydroxyl groups is 1. The number of halogens is 5. The van der Waals surface area contributed by atoms with E-state index in [1.54, 1.807) is 0 Å². The second-order valence-electron chi connectivity index (χ2n) is 10.8. The van der Waals surface area contributed by atoms with Gasteiger partial charge in [0, 0.05) is 28.7 Å². The van der Waals surface area contributed by atoms with Crippen LogP contribution in [0.15, 0.2) is 42.5 Å². The number of nitrogens with two attached hydrogens (primary N) is 1. The SMILES string of the molecule is Nc1nc2c(F)cc(C(=O)NCC(O)(c3cc4c(c(-c5ccc(F)cc5)n3)OC[C@@]43C(=O)NC4CC43)C(F)(F)F)cc2s1. The van der Waals surface area contributed by atoms with Gasteiger partial charge in [0.1, 0.15) is 34.8 Å². The number of carbonyl (C=O) groups is 2. The molecule has 2 aliphatic heterocycles. The molecular weight excluding hydrogens is 597 g/mol. The van der Waals surface area contributed by atoms with Crippen LogP contribution in [0.5, 0.6) is 5.75 Å². The van der Waals surface area contributed by atoms with E-state index in [1.807, 2.05) is 5.32 Å². The van der Waals surface area contributed by atoms with Crippen molar-refractivity contribution in [2.24, 2.45) is 5.92 Å². The van der Waals surface area contributed by atoms with E-state index in [0.717, 1.165) is 35.6 Å². The summed E-state index contributed by atoms with van der Waals surface area (Å²) in [5.74, 6) is -3.20. The van der Waals surface area contributed by atoms with Gasteiger partial charge in [0.25, 0.3) is 5.91 Å². The maximum absolute atomic E-state index is 14.7. The van der Waals surface area contributed by atoms with Gasteiger partial charge in [-0.2, -0.15) is 13.2 Å². The average molecular weight is 618 g/mol. The molecule has 4 atom stereocenters. The standard InChI is InChI=1S/C28H20F5N5O4S/c29-13-3-1-11(2-4-13)20-22-15(26(10-42-22)14-7-17(14)36-24(26)40)8-19(37-20)27(41,28(31,32)33)9-35-23(39)12-5-16(30)21-18(6-12)43-25(34)38-21/h1-6,8,14,17,41H,7,9-10H2,(H2,34,38)(H,35,39)(H,36,40)/t14?,17?,26-,27?/m0/s1. The van der Waals surface area contributed by atoms with Gasteiger partial charge in [-0.3, -0.25) is 9.59 Å². The number of thiazole rings is 1. The molecular formula is C28H20F5N5O4S. The molecule has 9 nitrogen and oxygen atoms in total. The topological polar surface area (TPSA) is 139 Å². The summed E-state index contributed by atoms with van der Waals surface area (Å²) >= 11 is 0.886. The van der Waals surface area contributed by atoms with Crippen molar-refractivity contribution in [3.63, 3.8) is 0 Å². The van der Waals surface area contributed by atoms with Crippen molar-refractivity contribution in [3.05, 3.63) is 70.9 Å². The number of benzene rings is 2. The number of fused-ring (bicyclic) bond motifs is 5. The van der Waals surface area contributed by atoms with E-state index >= 15 is 0 Å². The lowest BCUT2D eigenvalue weighted by molar-refractivity contribution is -0.265. The molecule has 1 aliphatic carbocycles. The molecule has 2 aromatic carbocycles. The fourth-order valence-corrected chi connectivity index (χ4v) is 6.72. The second-order valence-corrected chi connectivity index (χ2v) is 11.9. The van der Waals surface area contributed by atoms with Crippen LogP contribution in [0, 0.1) is 17.6 Å². The number of anilines is 1. The Labute approximate surface area is 242 Å². The maximum atomic E-state index is 14.7. The van der Waals surface area contributed by atoms with Gasteiger partial charge in [0.05, 0.1) is 16.9 Å². The van der Waals surface area contributed by atoms with Crippen LogP contribution in [0.25, 0.3) is 21.5 Å². The van der Waals surface area contributed by atoms with Gasteiger partial charge in [-0.25, -0.2) is 18.7 Å². The van der Waals surface area contributed by atoms with Crippen LogP contribution in [-0.4, -0.2) is 52.3 Å². The third-order valence-corrected chi connectivity index (χ3v) is 9.12. The van der Waals surface area contributed by atoms with Gasteiger partial charge in [-0.1, -0.05) is 11.3 Å². The average Bonchev–Trinajstić information content (AvgIpc) is 3.31. The first kappa shape index (κ1) is 27.5. The molecule has 2 aromatic heterocycles. The summed E-state index contributed by atoms with van der Waals surface area (Å²) in [5, 5.41) is 16.2. The molecule has 0 radical (unpaired) electrons. The monoisotopic (exact) mass is 617 g/mol. The molecule has 1 saturated carbocycles. The van der Waals surface area contributed by atoms with E-state index in [0.29, 0.717) is 6.42 Å². The Morgan fingerprint density at radius 1 is 1.19 bits per heavy atom. The van der Waals surface area contributed by atoms with Gasteiger partial charge in [0.15, 0.2) is 10.9 Å². The van der Waals surface area contributed by atoms with Crippen molar-refractivity contribution >= 4 is 38.5 Å². The number of pyridine rings is 1. The summed E-state index contributed by atoms with van der Waals surface area (Å²) in [6, 6.07) is 7.61. The Hall–Kier alpha value is -4.37. The zero-order chi connectivity index (χ0) is 30.5. The lowest BCUT2D eigenvalue weighted by Crippen LogP contribution is -2.52. The number of nitrogens with zero attached hydrogens (tertiary/aromatic N) is 2. The normalized spacial score (nSPS) is 23.4. The van der Waals surface area contributed by atoms with Crippen molar-refractivity contribution in [1.29, 1.82) is 0 Å². The van der Waals surface area contributed by atoms with E-state index < -0.39 is 52.9 Å². The summed E-state index contributed by atoms with van der Waals surface area (Å²) in [6.45, 7) is -1.55. The number of aromatic nitrogens is 2. The third-order valence-electron chi connectivity index (χ3n) is 8.29. The summed E-state index contributed by atoms with van der Waals surface area (Å²) in [7, 11) is 0. The van der Waals surface area contributed by atoms with E-state index in [4.69, 9.17) is 10.5 Å². The summed E-state index contributed by atoms with van der Waals surface area (Å²) in [4.78, 5) is 34.0. The first-order valence-corrected chi connectivity index (χ1v) is 13.8. The fourth-order valence-electron chi connectivity index (χ4n) is 5.93. The number of amides is 2. The van der Waals surface area contributed by atoms with E-state index in [2.05, 4.69) is 15.3 Å². The van der Waals surface area contributed by atoms with Crippen LogP contribution < -0.4 is 21.1 Å². The summed E-state index contributed by atoms with van der Waals surface area (Å²) < 4.78 is 78.4. The fraction of sp³-hybridized carbons (Fsp3) is 0.286. The summed E-state index contributed by atoms with van der Waals surface area (Å²) in [5.41, 5.74) is -0.608. The first-order valence-electron chi connectivity index (χ1n) is 13.0. The van der Waals surface area contributed by atoms with Crippen LogP contribution in [0.2, 0.25) is 0 Å². The van der Waals surface area contributed by atoms with E-state index in [-0.39, 0.29) is 62.0 Å². The number of nitrogens with one attached hydrogen (secondary N) is 2. The number of nitrogen functional groups attached to an aromatic ring is 1. The maximum Gasteiger partial charge on any atom is 0.424 e. The Morgan fingerprint density at radius 2 is 1.93 bits per heavy atom. The molecule has 2 amide bonds. The highest BCUT2D eigenvalue weighted by Gasteiger charge is 2.68. The predicted octanol–water partition coefficient (Wildman–Crippen LogP) is 3.55. The molecule has 43 heavy (non-hydrogen) atoms. The second kappa shape index (κ2) is 9.07.